The molecule has 0 spiro atoms. The zero-order valence-corrected chi connectivity index (χ0v) is 19.7. The Morgan fingerprint density at radius 2 is 1.69 bits per heavy atom. The third-order valence-corrected chi connectivity index (χ3v) is 6.54. The summed E-state index contributed by atoms with van der Waals surface area (Å²) in [7, 11) is -0.996. The number of carbonyl (C=O) groups excluding carboxylic acids is 3. The van der Waals surface area contributed by atoms with Crippen molar-refractivity contribution in [2.75, 3.05) is 26.0 Å². The average molecular weight is 502 g/mol. The number of hydrogen-bond acceptors (Lipinski definition) is 6. The summed E-state index contributed by atoms with van der Waals surface area (Å²) in [5.41, 5.74) is 0.341. The molecule has 0 saturated heterocycles. The lowest BCUT2D eigenvalue weighted by Gasteiger charge is -2.15. The quantitative estimate of drug-likeness (QED) is 0.535. The van der Waals surface area contributed by atoms with Gasteiger partial charge in [-0.1, -0.05) is 23.2 Å². The van der Waals surface area contributed by atoms with Gasteiger partial charge in [0.2, 0.25) is 10.0 Å². The lowest BCUT2D eigenvalue weighted by molar-refractivity contribution is -0.148. The van der Waals surface area contributed by atoms with Gasteiger partial charge in [0.15, 0.2) is 6.61 Å². The van der Waals surface area contributed by atoms with Crippen LogP contribution in [0.15, 0.2) is 47.4 Å². The molecule has 0 aliphatic carbocycles. The number of nitrogens with one attached hydrogen (secondary N) is 2. The van der Waals surface area contributed by atoms with Crippen LogP contribution in [0, 0.1) is 0 Å². The molecule has 0 radical (unpaired) electrons. The summed E-state index contributed by atoms with van der Waals surface area (Å²) in [5, 5.41) is 5.41. The molecule has 0 aromatic heterocycles. The maximum atomic E-state index is 12.2. The van der Waals surface area contributed by atoms with E-state index in [1.54, 1.807) is 0 Å². The van der Waals surface area contributed by atoms with Crippen LogP contribution in [-0.2, 0) is 24.3 Å². The molecule has 0 heterocycles. The van der Waals surface area contributed by atoms with E-state index in [4.69, 9.17) is 27.9 Å². The number of esters is 1. The normalized spacial score (nSPS) is 12.2. The van der Waals surface area contributed by atoms with Gasteiger partial charge in [-0.15, -0.1) is 0 Å². The van der Waals surface area contributed by atoms with Gasteiger partial charge < -0.3 is 15.4 Å². The Labute approximate surface area is 195 Å². The molecule has 12 heteroatoms. The fourth-order valence-corrected chi connectivity index (χ4v) is 3.58. The summed E-state index contributed by atoms with van der Waals surface area (Å²) in [6.07, 6.45) is 0. The molecule has 2 rings (SSSR count). The Kier molecular flexibility index (Phi) is 8.62. The Hall–Kier alpha value is -2.66. The van der Waals surface area contributed by atoms with E-state index < -0.39 is 40.5 Å². The van der Waals surface area contributed by atoms with Crippen LogP contribution < -0.4 is 10.6 Å². The highest BCUT2D eigenvalue weighted by Gasteiger charge is 2.21. The molecular formula is C20H21Cl2N3O6S. The fraction of sp³-hybridized carbons (Fsp3) is 0.250. The largest absolute Gasteiger partial charge is 0.454 e. The van der Waals surface area contributed by atoms with Crippen LogP contribution in [0.5, 0.6) is 0 Å². The number of rotatable bonds is 8. The number of benzene rings is 2. The van der Waals surface area contributed by atoms with Gasteiger partial charge in [-0.05, 0) is 49.4 Å². The molecule has 0 bridgehead atoms. The second-order valence-electron chi connectivity index (χ2n) is 6.79. The van der Waals surface area contributed by atoms with Gasteiger partial charge in [0.05, 0.1) is 15.6 Å². The first-order chi connectivity index (χ1) is 14.9. The molecule has 0 fully saturated rings. The number of amides is 2. The molecule has 0 saturated carbocycles. The van der Waals surface area contributed by atoms with Crippen LogP contribution in [0.2, 0.25) is 10.0 Å². The average Bonchev–Trinajstić information content (AvgIpc) is 2.73. The van der Waals surface area contributed by atoms with E-state index in [0.717, 1.165) is 4.31 Å². The van der Waals surface area contributed by atoms with Gasteiger partial charge >= 0.3 is 5.97 Å². The third kappa shape index (κ3) is 6.67. The summed E-state index contributed by atoms with van der Waals surface area (Å²) in [6.45, 7) is 0.738. The number of hydrogen-bond donors (Lipinski definition) is 2. The molecule has 32 heavy (non-hydrogen) atoms. The van der Waals surface area contributed by atoms with E-state index in [-0.39, 0.29) is 15.6 Å². The third-order valence-electron chi connectivity index (χ3n) is 4.14. The minimum Gasteiger partial charge on any atom is -0.454 e. The summed E-state index contributed by atoms with van der Waals surface area (Å²) < 4.78 is 30.4. The molecule has 1 unspecified atom stereocenters. The Bertz CT molecular complexity index is 1120. The molecule has 172 valence electrons. The molecule has 2 aromatic carbocycles. The van der Waals surface area contributed by atoms with Crippen LogP contribution in [0.1, 0.15) is 17.3 Å². The van der Waals surface area contributed by atoms with Crippen molar-refractivity contribution in [1.82, 2.24) is 9.62 Å². The predicted octanol–water partition coefficient (Wildman–Crippen LogP) is 2.54. The van der Waals surface area contributed by atoms with Gasteiger partial charge in [0.1, 0.15) is 6.04 Å². The van der Waals surface area contributed by atoms with Crippen molar-refractivity contribution < 1.29 is 27.5 Å². The van der Waals surface area contributed by atoms with Crippen LogP contribution in [0.3, 0.4) is 0 Å². The molecule has 0 aliphatic rings. The van der Waals surface area contributed by atoms with Crippen LogP contribution >= 0.6 is 23.2 Å². The summed E-state index contributed by atoms with van der Waals surface area (Å²) in [5.74, 6) is -2.09. The van der Waals surface area contributed by atoms with Crippen LogP contribution in [0.25, 0.3) is 0 Å². The Balaban J connectivity index is 1.94. The monoisotopic (exact) mass is 501 g/mol. The summed E-state index contributed by atoms with van der Waals surface area (Å²) in [4.78, 5) is 36.3. The summed E-state index contributed by atoms with van der Waals surface area (Å²) >= 11 is 11.8. The maximum Gasteiger partial charge on any atom is 0.328 e. The standard InChI is InChI=1S/C20H21Cl2N3O6S/c1-12(23-19(27)13-4-6-14(21)7-5-13)20(28)31-11-18(26)24-17-10-15(8-9-16(17)22)32(29,30)25(2)3/h4-10,12H,11H2,1-3H3,(H,23,27)(H,24,26). The second-order valence-corrected chi connectivity index (χ2v) is 9.78. The van der Waals surface area contributed by atoms with Gasteiger partial charge in [-0.25, -0.2) is 17.5 Å². The number of carbonyl (C=O) groups is 3. The highest BCUT2D eigenvalue weighted by atomic mass is 35.5. The lowest BCUT2D eigenvalue weighted by Crippen LogP contribution is -2.40. The SMILES string of the molecule is CC(NC(=O)c1ccc(Cl)cc1)C(=O)OCC(=O)Nc1cc(S(=O)(=O)N(C)C)ccc1Cl. The zero-order valence-electron chi connectivity index (χ0n) is 17.4. The van der Waals surface area contributed by atoms with E-state index >= 15 is 0 Å². The molecule has 1 atom stereocenters. The Morgan fingerprint density at radius 1 is 1.06 bits per heavy atom. The predicted molar refractivity (Wildman–Crippen MR) is 120 cm³/mol. The van der Waals surface area contributed by atoms with Crippen molar-refractivity contribution >= 4 is 56.7 Å². The number of ether oxygens (including phenoxy) is 1. The first-order valence-electron chi connectivity index (χ1n) is 9.17. The molecule has 0 aliphatic heterocycles. The number of halogens is 2. The van der Waals surface area contributed by atoms with E-state index in [0.29, 0.717) is 10.6 Å². The molecule has 2 amide bonds. The zero-order chi connectivity index (χ0) is 24.1. The van der Waals surface area contributed by atoms with Crippen LogP contribution in [0.4, 0.5) is 5.69 Å². The van der Waals surface area contributed by atoms with Gasteiger partial charge in [0, 0.05) is 24.7 Å². The highest BCUT2D eigenvalue weighted by Crippen LogP contribution is 2.26. The van der Waals surface area contributed by atoms with Crippen molar-refractivity contribution in [1.29, 1.82) is 0 Å². The smallest absolute Gasteiger partial charge is 0.328 e. The minimum absolute atomic E-state index is 0.0414. The number of nitrogens with zero attached hydrogens (tertiary/aromatic N) is 1. The highest BCUT2D eigenvalue weighted by molar-refractivity contribution is 7.89. The Morgan fingerprint density at radius 3 is 2.28 bits per heavy atom. The van der Waals surface area contributed by atoms with E-state index in [2.05, 4.69) is 10.6 Å². The van der Waals surface area contributed by atoms with Crippen molar-refractivity contribution in [2.24, 2.45) is 0 Å². The van der Waals surface area contributed by atoms with E-state index in [1.165, 1.54) is 63.5 Å². The van der Waals surface area contributed by atoms with Gasteiger partial charge in [-0.2, -0.15) is 0 Å². The second kappa shape index (κ2) is 10.8. The fourth-order valence-electron chi connectivity index (χ4n) is 2.36. The number of anilines is 1. The lowest BCUT2D eigenvalue weighted by atomic mass is 10.2. The summed E-state index contributed by atoms with van der Waals surface area (Å²) in [6, 6.07) is 8.87. The molecule has 2 N–H and O–H groups in total. The number of sulfonamides is 1. The minimum atomic E-state index is -3.74. The topological polar surface area (TPSA) is 122 Å². The van der Waals surface area contributed by atoms with Crippen molar-refractivity contribution in [3.63, 3.8) is 0 Å². The maximum absolute atomic E-state index is 12.2. The van der Waals surface area contributed by atoms with Crippen molar-refractivity contribution in [3.05, 3.63) is 58.1 Å². The first-order valence-corrected chi connectivity index (χ1v) is 11.4. The first kappa shape index (κ1) is 25.6. The van der Waals surface area contributed by atoms with Crippen LogP contribution in [-0.4, -0.2) is 57.3 Å². The molecule has 2 aromatic rings. The van der Waals surface area contributed by atoms with E-state index in [9.17, 15) is 22.8 Å². The van der Waals surface area contributed by atoms with Crippen molar-refractivity contribution in [2.45, 2.75) is 17.9 Å². The van der Waals surface area contributed by atoms with Gasteiger partial charge in [-0.3, -0.25) is 9.59 Å². The van der Waals surface area contributed by atoms with E-state index in [1.807, 2.05) is 0 Å². The van der Waals surface area contributed by atoms with Crippen molar-refractivity contribution in [3.8, 4) is 0 Å². The van der Waals surface area contributed by atoms with Gasteiger partial charge in [0.25, 0.3) is 11.8 Å². The molecule has 9 nitrogen and oxygen atoms in total. The molecular weight excluding hydrogens is 481 g/mol.